The van der Waals surface area contributed by atoms with Gasteiger partial charge in [-0.25, -0.2) is 0 Å². The van der Waals surface area contributed by atoms with Crippen LogP contribution in [-0.4, -0.2) is 21.2 Å². The predicted octanol–water partition coefficient (Wildman–Crippen LogP) is 3.75. The molecule has 8 heteroatoms. The molecule has 0 aromatic heterocycles. The van der Waals surface area contributed by atoms with Gasteiger partial charge in [0.25, 0.3) is 5.69 Å². The number of non-ortho nitro benzene ring substituents is 1. The molecule has 2 aromatic carbocycles. The summed E-state index contributed by atoms with van der Waals surface area (Å²) in [4.78, 5) is 23.3. The summed E-state index contributed by atoms with van der Waals surface area (Å²) >= 11 is 7.18. The number of nitro benzene ring substituents is 1. The minimum absolute atomic E-state index is 0.0118. The molecule has 0 saturated carbocycles. The Kier molecular flexibility index (Phi) is 6.05. The fourth-order valence-corrected chi connectivity index (χ4v) is 2.94. The second-order valence-corrected chi connectivity index (χ2v) is 6.85. The number of nitrogens with one attached hydrogen (secondary N) is 1. The van der Waals surface area contributed by atoms with E-state index in [1.54, 1.807) is 19.1 Å². The largest absolute Gasteiger partial charge is 0.508 e. The van der Waals surface area contributed by atoms with E-state index in [4.69, 9.17) is 11.6 Å². The molecule has 1 amide bonds. The van der Waals surface area contributed by atoms with Crippen molar-refractivity contribution in [3.05, 3.63) is 63.2 Å². The zero-order valence-electron chi connectivity index (χ0n) is 12.7. The number of benzene rings is 2. The minimum atomic E-state index is -0.552. The van der Waals surface area contributed by atoms with Crippen LogP contribution in [0.1, 0.15) is 12.5 Å². The number of amides is 1. The number of hydrogen-bond acceptors (Lipinski definition) is 5. The average molecular weight is 367 g/mol. The molecule has 0 radical (unpaired) electrons. The van der Waals surface area contributed by atoms with Crippen molar-refractivity contribution in [1.29, 1.82) is 0 Å². The van der Waals surface area contributed by atoms with Crippen molar-refractivity contribution in [1.82, 2.24) is 5.32 Å². The first-order valence-corrected chi connectivity index (χ1v) is 8.29. The first-order chi connectivity index (χ1) is 11.4. The van der Waals surface area contributed by atoms with E-state index in [2.05, 4.69) is 5.32 Å². The summed E-state index contributed by atoms with van der Waals surface area (Å²) < 4.78 is 0. The highest BCUT2D eigenvalue weighted by molar-refractivity contribution is 8.00. The van der Waals surface area contributed by atoms with E-state index in [0.717, 1.165) is 4.90 Å². The molecule has 0 fully saturated rings. The van der Waals surface area contributed by atoms with Gasteiger partial charge in [-0.15, -0.1) is 11.8 Å². The van der Waals surface area contributed by atoms with Crippen LogP contribution in [-0.2, 0) is 11.3 Å². The number of thioether (sulfide) groups is 1. The number of nitro groups is 1. The second-order valence-electron chi connectivity index (χ2n) is 5.00. The summed E-state index contributed by atoms with van der Waals surface area (Å²) in [6.45, 7) is 1.76. The monoisotopic (exact) mass is 366 g/mol. The molecule has 0 aliphatic rings. The summed E-state index contributed by atoms with van der Waals surface area (Å²) in [5.74, 6) is -0.334. The van der Waals surface area contributed by atoms with Crippen molar-refractivity contribution in [2.75, 3.05) is 0 Å². The number of phenols is 1. The molecule has 126 valence electrons. The van der Waals surface area contributed by atoms with E-state index < -0.39 is 4.92 Å². The van der Waals surface area contributed by atoms with Crippen molar-refractivity contribution in [2.45, 2.75) is 23.6 Å². The van der Waals surface area contributed by atoms with E-state index in [-0.39, 0.29) is 29.1 Å². The zero-order chi connectivity index (χ0) is 17.7. The fourth-order valence-electron chi connectivity index (χ4n) is 1.92. The number of halogens is 1. The van der Waals surface area contributed by atoms with Gasteiger partial charge in [0.15, 0.2) is 0 Å². The Balaban J connectivity index is 1.96. The van der Waals surface area contributed by atoms with Crippen LogP contribution in [0.5, 0.6) is 5.75 Å². The van der Waals surface area contributed by atoms with Gasteiger partial charge in [0.05, 0.1) is 10.2 Å². The van der Waals surface area contributed by atoms with E-state index in [1.807, 2.05) is 12.1 Å². The number of carbonyl (C=O) groups excluding carboxylic acids is 1. The Hall–Kier alpha value is -2.25. The smallest absolute Gasteiger partial charge is 0.270 e. The highest BCUT2D eigenvalue weighted by Gasteiger charge is 2.16. The third-order valence-corrected chi connectivity index (χ3v) is 4.59. The van der Waals surface area contributed by atoms with E-state index in [9.17, 15) is 20.0 Å². The Morgan fingerprint density at radius 3 is 2.62 bits per heavy atom. The molecule has 0 spiro atoms. The predicted molar refractivity (Wildman–Crippen MR) is 93.4 cm³/mol. The Bertz CT molecular complexity index is 752. The molecule has 0 aliphatic carbocycles. The lowest BCUT2D eigenvalue weighted by molar-refractivity contribution is -0.384. The van der Waals surface area contributed by atoms with Gasteiger partial charge in [0.1, 0.15) is 5.75 Å². The lowest BCUT2D eigenvalue weighted by atomic mass is 10.1. The van der Waals surface area contributed by atoms with Gasteiger partial charge in [-0.3, -0.25) is 14.9 Å². The summed E-state index contributed by atoms with van der Waals surface area (Å²) in [5.41, 5.74) is 0.155. The fraction of sp³-hybridized carbons (Fsp3) is 0.188. The molecule has 0 heterocycles. The van der Waals surface area contributed by atoms with Gasteiger partial charge in [-0.2, -0.15) is 0 Å². The summed E-state index contributed by atoms with van der Waals surface area (Å²) in [5, 5.41) is 23.4. The van der Waals surface area contributed by atoms with Crippen LogP contribution < -0.4 is 5.32 Å². The van der Waals surface area contributed by atoms with Crippen molar-refractivity contribution >= 4 is 35.0 Å². The molecule has 0 aliphatic heterocycles. The van der Waals surface area contributed by atoms with Gasteiger partial charge in [-0.05, 0) is 37.3 Å². The zero-order valence-corrected chi connectivity index (χ0v) is 14.3. The second kappa shape index (κ2) is 8.03. The molecule has 0 unspecified atom stereocenters. The summed E-state index contributed by atoms with van der Waals surface area (Å²) in [6, 6.07) is 10.8. The van der Waals surface area contributed by atoms with E-state index >= 15 is 0 Å². The number of rotatable bonds is 6. The third-order valence-electron chi connectivity index (χ3n) is 3.22. The summed E-state index contributed by atoms with van der Waals surface area (Å²) in [7, 11) is 0. The number of nitrogens with zero attached hydrogens (tertiary/aromatic N) is 1. The number of hydrogen-bond donors (Lipinski definition) is 2. The van der Waals surface area contributed by atoms with Crippen molar-refractivity contribution in [3.63, 3.8) is 0 Å². The lowest BCUT2D eigenvalue weighted by Crippen LogP contribution is -2.30. The molecule has 0 bridgehead atoms. The molecule has 2 aromatic rings. The maximum absolute atomic E-state index is 12.1. The lowest BCUT2D eigenvalue weighted by Gasteiger charge is -2.12. The average Bonchev–Trinajstić information content (AvgIpc) is 2.55. The van der Waals surface area contributed by atoms with Crippen LogP contribution in [0.2, 0.25) is 5.02 Å². The molecular formula is C16H15ClN2O4S. The van der Waals surface area contributed by atoms with Gasteiger partial charge < -0.3 is 10.4 Å². The topological polar surface area (TPSA) is 92.5 Å². The molecular weight excluding hydrogens is 352 g/mol. The van der Waals surface area contributed by atoms with Crippen LogP contribution in [0.15, 0.2) is 47.4 Å². The first kappa shape index (κ1) is 18.1. The third kappa shape index (κ3) is 4.87. The van der Waals surface area contributed by atoms with Crippen LogP contribution >= 0.6 is 23.4 Å². The van der Waals surface area contributed by atoms with Crippen molar-refractivity contribution in [3.8, 4) is 5.75 Å². The highest BCUT2D eigenvalue weighted by atomic mass is 35.5. The quantitative estimate of drug-likeness (QED) is 0.461. The maximum atomic E-state index is 12.1. The van der Waals surface area contributed by atoms with E-state index in [1.165, 1.54) is 30.0 Å². The number of aromatic hydroxyl groups is 1. The summed E-state index contributed by atoms with van der Waals surface area (Å²) in [6.07, 6.45) is 0. The van der Waals surface area contributed by atoms with Crippen LogP contribution in [0.4, 0.5) is 5.69 Å². The SMILES string of the molecule is C[C@@H](Sc1ccc(Cl)cc1)C(=O)NCc1cc([N+](=O)[O-])ccc1O. The number of carbonyl (C=O) groups is 1. The molecule has 2 rings (SSSR count). The van der Waals surface area contributed by atoms with Gasteiger partial charge in [-0.1, -0.05) is 11.6 Å². The first-order valence-electron chi connectivity index (χ1n) is 7.03. The Labute approximate surface area is 148 Å². The molecule has 24 heavy (non-hydrogen) atoms. The molecule has 1 atom stereocenters. The van der Waals surface area contributed by atoms with Crippen molar-refractivity contribution < 1.29 is 14.8 Å². The molecule has 2 N–H and O–H groups in total. The number of phenolic OH excluding ortho intramolecular Hbond substituents is 1. The van der Waals surface area contributed by atoms with Crippen LogP contribution in [0.25, 0.3) is 0 Å². The Morgan fingerprint density at radius 1 is 1.33 bits per heavy atom. The maximum Gasteiger partial charge on any atom is 0.270 e. The molecule has 0 saturated heterocycles. The standard InChI is InChI=1S/C16H15ClN2O4S/c1-10(24-14-5-2-12(17)3-6-14)16(21)18-9-11-8-13(19(22)23)4-7-15(11)20/h2-8,10,20H,9H2,1H3,(H,18,21)/t10-/m1/s1. The van der Waals surface area contributed by atoms with Gasteiger partial charge in [0, 0.05) is 34.2 Å². The van der Waals surface area contributed by atoms with Crippen LogP contribution in [0, 0.1) is 10.1 Å². The van der Waals surface area contributed by atoms with Crippen molar-refractivity contribution in [2.24, 2.45) is 0 Å². The van der Waals surface area contributed by atoms with Crippen LogP contribution in [0.3, 0.4) is 0 Å². The highest BCUT2D eigenvalue weighted by Crippen LogP contribution is 2.26. The molecule has 6 nitrogen and oxygen atoms in total. The van der Waals surface area contributed by atoms with Gasteiger partial charge >= 0.3 is 0 Å². The normalized spacial score (nSPS) is 11.8. The Morgan fingerprint density at radius 2 is 2.00 bits per heavy atom. The minimum Gasteiger partial charge on any atom is -0.508 e. The van der Waals surface area contributed by atoms with E-state index in [0.29, 0.717) is 10.6 Å². The van der Waals surface area contributed by atoms with Gasteiger partial charge in [0.2, 0.25) is 5.91 Å².